The van der Waals surface area contributed by atoms with Crippen LogP contribution in [-0.2, 0) is 11.4 Å². The highest BCUT2D eigenvalue weighted by Crippen LogP contribution is 2.17. The lowest BCUT2D eigenvalue weighted by atomic mass is 10.0. The second-order valence-corrected chi connectivity index (χ2v) is 2.42. The molecule has 1 unspecified atom stereocenters. The first-order valence-corrected chi connectivity index (χ1v) is 3.41. The van der Waals surface area contributed by atoms with Crippen molar-refractivity contribution in [2.24, 2.45) is 0 Å². The van der Waals surface area contributed by atoms with Crippen molar-refractivity contribution < 1.29 is 19.5 Å². The summed E-state index contributed by atoms with van der Waals surface area (Å²) in [4.78, 5) is 10.4. The molecule has 0 aromatic carbocycles. The zero-order valence-corrected chi connectivity index (χ0v) is 6.48. The number of nitrogens with zero attached hydrogens (tertiary/aromatic N) is 1. The number of hydrogen-bond acceptors (Lipinski definition) is 5. The summed E-state index contributed by atoms with van der Waals surface area (Å²) >= 11 is 0. The average molecular weight is 170 g/mol. The third kappa shape index (κ3) is 1.45. The summed E-state index contributed by atoms with van der Waals surface area (Å²) < 4.78 is 4.51. The molecular formula is C7H8NO4-. The summed E-state index contributed by atoms with van der Waals surface area (Å²) in [6.45, 7) is 1.12. The molecule has 1 heterocycles. The maximum atomic E-state index is 10.4. The normalized spacial score (nSPS) is 12.8. The number of aliphatic hydroxyl groups excluding tert-OH is 1. The molecule has 5 nitrogen and oxygen atoms in total. The van der Waals surface area contributed by atoms with Gasteiger partial charge in [-0.15, -0.1) is 0 Å². The molecule has 0 amide bonds. The predicted molar refractivity (Wildman–Crippen MR) is 35.8 cm³/mol. The monoisotopic (exact) mass is 170 g/mol. The van der Waals surface area contributed by atoms with Crippen molar-refractivity contribution in [3.05, 3.63) is 17.5 Å². The van der Waals surface area contributed by atoms with Gasteiger partial charge in [-0.2, -0.15) is 0 Å². The molecule has 1 aromatic rings. The van der Waals surface area contributed by atoms with E-state index in [1.807, 2.05) is 0 Å². The number of carboxylic acid groups (broad SMARTS) is 1. The highest BCUT2D eigenvalue weighted by Gasteiger charge is 2.14. The van der Waals surface area contributed by atoms with E-state index in [1.165, 1.54) is 13.2 Å². The molecule has 0 aliphatic heterocycles. The Hall–Kier alpha value is -1.36. The first-order valence-electron chi connectivity index (χ1n) is 3.41. The molecule has 66 valence electrons. The van der Waals surface area contributed by atoms with Gasteiger partial charge in [0.05, 0.1) is 6.61 Å². The first kappa shape index (κ1) is 8.73. The molecule has 5 heteroatoms. The molecule has 0 saturated heterocycles. The molecule has 1 N–H and O–H groups in total. The van der Waals surface area contributed by atoms with Crippen LogP contribution >= 0.6 is 0 Å². The van der Waals surface area contributed by atoms with Crippen molar-refractivity contribution in [2.75, 3.05) is 0 Å². The van der Waals surface area contributed by atoms with E-state index in [2.05, 4.69) is 9.68 Å². The Morgan fingerprint density at radius 3 is 3.08 bits per heavy atom. The van der Waals surface area contributed by atoms with Gasteiger partial charge in [0.25, 0.3) is 0 Å². The van der Waals surface area contributed by atoms with Crippen LogP contribution in [0.4, 0.5) is 0 Å². The van der Waals surface area contributed by atoms with Crippen LogP contribution in [0.15, 0.2) is 10.8 Å². The fraction of sp³-hybridized carbons (Fsp3) is 0.429. The van der Waals surface area contributed by atoms with Crippen molar-refractivity contribution in [2.45, 2.75) is 19.4 Å². The van der Waals surface area contributed by atoms with E-state index in [-0.39, 0.29) is 12.3 Å². The van der Waals surface area contributed by atoms with E-state index in [4.69, 9.17) is 5.11 Å². The fourth-order valence-corrected chi connectivity index (χ4v) is 0.867. The molecule has 1 atom stereocenters. The van der Waals surface area contributed by atoms with E-state index in [0.29, 0.717) is 5.56 Å². The van der Waals surface area contributed by atoms with Crippen molar-refractivity contribution >= 4 is 5.97 Å². The van der Waals surface area contributed by atoms with Crippen LogP contribution < -0.4 is 5.11 Å². The zero-order chi connectivity index (χ0) is 9.14. The van der Waals surface area contributed by atoms with E-state index >= 15 is 0 Å². The Kier molecular flexibility index (Phi) is 2.44. The molecule has 0 radical (unpaired) electrons. The summed E-state index contributed by atoms with van der Waals surface area (Å²) in [6.07, 6.45) is 1.20. The van der Waals surface area contributed by atoms with Gasteiger partial charge in [0.1, 0.15) is 12.0 Å². The number of aromatic nitrogens is 1. The van der Waals surface area contributed by atoms with Crippen molar-refractivity contribution in [1.29, 1.82) is 0 Å². The largest absolute Gasteiger partial charge is 0.550 e. The predicted octanol–water partition coefficient (Wildman–Crippen LogP) is -0.980. The molecule has 12 heavy (non-hydrogen) atoms. The van der Waals surface area contributed by atoms with Crippen molar-refractivity contribution in [3.63, 3.8) is 0 Å². The Bertz CT molecular complexity index is 281. The van der Waals surface area contributed by atoms with Gasteiger partial charge in [-0.05, 0) is 0 Å². The van der Waals surface area contributed by atoms with Crippen LogP contribution in [0.3, 0.4) is 0 Å². The van der Waals surface area contributed by atoms with Crippen LogP contribution in [0, 0.1) is 0 Å². The minimum atomic E-state index is -1.21. The smallest absolute Gasteiger partial charge is 0.128 e. The van der Waals surface area contributed by atoms with E-state index in [0.717, 1.165) is 0 Å². The summed E-state index contributed by atoms with van der Waals surface area (Å²) in [5.74, 6) is -2.02. The van der Waals surface area contributed by atoms with E-state index in [9.17, 15) is 9.90 Å². The van der Waals surface area contributed by atoms with Gasteiger partial charge in [-0.25, -0.2) is 0 Å². The van der Waals surface area contributed by atoms with Gasteiger partial charge >= 0.3 is 0 Å². The Morgan fingerprint density at radius 1 is 1.92 bits per heavy atom. The third-order valence-corrected chi connectivity index (χ3v) is 1.65. The van der Waals surface area contributed by atoms with Gasteiger partial charge in [0, 0.05) is 17.5 Å². The molecular weight excluding hydrogens is 162 g/mol. The lowest BCUT2D eigenvalue weighted by Gasteiger charge is -2.09. The summed E-state index contributed by atoms with van der Waals surface area (Å²) in [5, 5.41) is 22.5. The van der Waals surface area contributed by atoms with Crippen LogP contribution in [-0.4, -0.2) is 16.2 Å². The Labute approximate surface area is 68.6 Å². The van der Waals surface area contributed by atoms with Gasteiger partial charge in [-0.3, -0.25) is 0 Å². The zero-order valence-electron chi connectivity index (χ0n) is 6.48. The number of hydrogen-bond donors (Lipinski definition) is 1. The Morgan fingerprint density at radius 2 is 2.58 bits per heavy atom. The molecule has 1 rings (SSSR count). The highest BCUT2D eigenvalue weighted by molar-refractivity contribution is 5.73. The maximum Gasteiger partial charge on any atom is 0.128 e. The van der Waals surface area contributed by atoms with Crippen molar-refractivity contribution in [3.8, 4) is 0 Å². The second kappa shape index (κ2) is 3.36. The van der Waals surface area contributed by atoms with Crippen LogP contribution in [0.5, 0.6) is 0 Å². The van der Waals surface area contributed by atoms with Crippen LogP contribution in [0.1, 0.15) is 24.1 Å². The molecule has 0 aliphatic carbocycles. The lowest BCUT2D eigenvalue weighted by Crippen LogP contribution is -2.28. The molecule has 0 bridgehead atoms. The molecule has 0 fully saturated rings. The minimum absolute atomic E-state index is 0.242. The topological polar surface area (TPSA) is 86.4 Å². The summed E-state index contributed by atoms with van der Waals surface area (Å²) in [5.41, 5.74) is 0.601. The van der Waals surface area contributed by atoms with Crippen LogP contribution in [0.2, 0.25) is 0 Å². The number of carbonyl (C=O) groups is 1. The number of rotatable bonds is 3. The lowest BCUT2D eigenvalue weighted by molar-refractivity contribution is -0.307. The van der Waals surface area contributed by atoms with Gasteiger partial charge in [0.15, 0.2) is 0 Å². The average Bonchev–Trinajstić information content (AvgIpc) is 2.49. The van der Waals surface area contributed by atoms with Gasteiger partial charge in [-0.1, -0.05) is 12.1 Å². The number of carbonyl (C=O) groups excluding carboxylic acids is 1. The molecule has 0 spiro atoms. The van der Waals surface area contributed by atoms with E-state index < -0.39 is 11.9 Å². The number of carboxylic acids is 1. The Balaban J connectivity index is 2.93. The van der Waals surface area contributed by atoms with Gasteiger partial charge in [0.2, 0.25) is 0 Å². The summed E-state index contributed by atoms with van der Waals surface area (Å²) in [6, 6.07) is 0. The minimum Gasteiger partial charge on any atom is -0.550 e. The molecule has 1 aromatic heterocycles. The summed E-state index contributed by atoms with van der Waals surface area (Å²) in [7, 11) is 0. The van der Waals surface area contributed by atoms with E-state index in [1.54, 1.807) is 0 Å². The highest BCUT2D eigenvalue weighted by atomic mass is 16.5. The first-order chi connectivity index (χ1) is 5.66. The van der Waals surface area contributed by atoms with Crippen molar-refractivity contribution in [1.82, 2.24) is 5.16 Å². The maximum absolute atomic E-state index is 10.4. The second-order valence-electron chi connectivity index (χ2n) is 2.42. The standard InChI is InChI=1S/C7H9NO4/c1-4(7(10)11)5-3-12-8-6(5)2-9/h3-4,9H,2H2,1H3,(H,10,11)/p-1. The van der Waals surface area contributed by atoms with Crippen LogP contribution in [0.25, 0.3) is 0 Å². The number of aliphatic carboxylic acids is 1. The quantitative estimate of drug-likeness (QED) is 0.630. The fourth-order valence-electron chi connectivity index (χ4n) is 0.867. The molecule has 0 saturated carbocycles. The van der Waals surface area contributed by atoms with Gasteiger partial charge < -0.3 is 19.5 Å². The number of aliphatic hydroxyl groups is 1. The molecule has 0 aliphatic rings. The third-order valence-electron chi connectivity index (χ3n) is 1.65. The SMILES string of the molecule is CC(C(=O)[O-])c1conc1CO.